The van der Waals surface area contributed by atoms with E-state index < -0.39 is 6.10 Å². The van der Waals surface area contributed by atoms with Crippen molar-refractivity contribution in [3.8, 4) is 5.69 Å². The number of β-amino-alcohol motifs (C(OH)–C–C–N with tert-alkyl or cyclic N) is 1. The lowest BCUT2D eigenvalue weighted by atomic mass is 10.0. The van der Waals surface area contributed by atoms with Gasteiger partial charge in [0.1, 0.15) is 5.69 Å². The number of aliphatic hydroxyl groups excluding tert-OH is 1. The number of para-hydroxylation sites is 1. The van der Waals surface area contributed by atoms with Gasteiger partial charge in [-0.05, 0) is 44.0 Å². The first-order chi connectivity index (χ1) is 12.6. The fourth-order valence-electron chi connectivity index (χ4n) is 3.93. The molecule has 1 N–H and O–H groups in total. The Labute approximate surface area is 151 Å². The van der Waals surface area contributed by atoms with Gasteiger partial charge in [-0.3, -0.25) is 4.79 Å². The van der Waals surface area contributed by atoms with Crippen LogP contribution in [0.15, 0.2) is 42.5 Å². The van der Waals surface area contributed by atoms with Crippen molar-refractivity contribution in [2.24, 2.45) is 5.41 Å². The molecule has 5 rings (SSSR count). The third-order valence-electron chi connectivity index (χ3n) is 5.72. The summed E-state index contributed by atoms with van der Waals surface area (Å²) in [5.74, 6) is -0.117. The summed E-state index contributed by atoms with van der Waals surface area (Å²) in [6.45, 7) is 2.97. The van der Waals surface area contributed by atoms with Gasteiger partial charge in [0.15, 0.2) is 5.65 Å². The number of rotatable bonds is 2. The highest BCUT2D eigenvalue weighted by Gasteiger charge is 2.55. The summed E-state index contributed by atoms with van der Waals surface area (Å²) in [5, 5.41) is 15.8. The van der Waals surface area contributed by atoms with Gasteiger partial charge in [-0.25, -0.2) is 9.67 Å². The molecule has 0 radical (unpaired) electrons. The van der Waals surface area contributed by atoms with Gasteiger partial charge < -0.3 is 10.0 Å². The number of nitrogens with zero attached hydrogens (tertiary/aromatic N) is 4. The van der Waals surface area contributed by atoms with Crippen LogP contribution in [0.25, 0.3) is 16.7 Å². The number of likely N-dealkylation sites (tertiary alicyclic amines) is 1. The second kappa shape index (κ2) is 5.38. The standard InChI is InChI=1S/C20H20N4O2/c1-13-15-7-8-16(19(26)23-11-17(25)20(12-23)9-10-20)21-18(15)24(22-13)14-5-3-2-4-6-14/h2-8,17,25H,9-12H2,1H3. The van der Waals surface area contributed by atoms with Gasteiger partial charge in [-0.1, -0.05) is 18.2 Å². The molecule has 26 heavy (non-hydrogen) atoms. The molecule has 1 aliphatic carbocycles. The molecular formula is C20H20N4O2. The first-order valence-electron chi connectivity index (χ1n) is 8.97. The third kappa shape index (κ3) is 2.25. The van der Waals surface area contributed by atoms with Crippen LogP contribution in [0.3, 0.4) is 0 Å². The van der Waals surface area contributed by atoms with Gasteiger partial charge in [0.25, 0.3) is 5.91 Å². The van der Waals surface area contributed by atoms with Crippen LogP contribution in [0, 0.1) is 12.3 Å². The number of benzene rings is 1. The Morgan fingerprint density at radius 2 is 1.96 bits per heavy atom. The molecule has 1 aromatic carbocycles. The Morgan fingerprint density at radius 1 is 1.19 bits per heavy atom. The van der Waals surface area contributed by atoms with Crippen molar-refractivity contribution >= 4 is 16.9 Å². The fourth-order valence-corrected chi connectivity index (χ4v) is 3.93. The van der Waals surface area contributed by atoms with E-state index in [-0.39, 0.29) is 11.3 Å². The first kappa shape index (κ1) is 15.5. The van der Waals surface area contributed by atoms with Crippen LogP contribution >= 0.6 is 0 Å². The SMILES string of the molecule is Cc1nn(-c2ccccc2)c2nc(C(=O)N3CC(O)C4(CC4)C3)ccc12. The molecule has 3 heterocycles. The highest BCUT2D eigenvalue weighted by Crippen LogP contribution is 2.52. The zero-order chi connectivity index (χ0) is 17.9. The van der Waals surface area contributed by atoms with Gasteiger partial charge in [0, 0.05) is 23.9 Å². The zero-order valence-electron chi connectivity index (χ0n) is 14.6. The zero-order valence-corrected chi connectivity index (χ0v) is 14.6. The van der Waals surface area contributed by atoms with Crippen LogP contribution in [0.1, 0.15) is 29.0 Å². The number of carbonyl (C=O) groups is 1. The van der Waals surface area contributed by atoms with Gasteiger partial charge in [-0.2, -0.15) is 5.10 Å². The van der Waals surface area contributed by atoms with E-state index in [2.05, 4.69) is 10.1 Å². The molecular weight excluding hydrogens is 328 g/mol. The van der Waals surface area contributed by atoms with Gasteiger partial charge in [-0.15, -0.1) is 0 Å². The number of amides is 1. The molecule has 2 aromatic heterocycles. The third-order valence-corrected chi connectivity index (χ3v) is 5.72. The minimum atomic E-state index is -0.410. The minimum Gasteiger partial charge on any atom is -0.391 e. The van der Waals surface area contributed by atoms with Crippen molar-refractivity contribution in [1.29, 1.82) is 0 Å². The lowest BCUT2D eigenvalue weighted by Crippen LogP contribution is -2.30. The second-order valence-corrected chi connectivity index (χ2v) is 7.46. The maximum absolute atomic E-state index is 12.9. The van der Waals surface area contributed by atoms with E-state index in [9.17, 15) is 9.90 Å². The van der Waals surface area contributed by atoms with Crippen molar-refractivity contribution in [2.75, 3.05) is 13.1 Å². The van der Waals surface area contributed by atoms with Gasteiger partial charge in [0.2, 0.25) is 0 Å². The lowest BCUT2D eigenvalue weighted by molar-refractivity contribution is 0.0759. The number of hydrogen-bond acceptors (Lipinski definition) is 4. The summed E-state index contributed by atoms with van der Waals surface area (Å²) in [7, 11) is 0. The van der Waals surface area contributed by atoms with Crippen molar-refractivity contribution in [3.63, 3.8) is 0 Å². The van der Waals surface area contributed by atoms with Gasteiger partial charge in [0.05, 0.1) is 17.5 Å². The van der Waals surface area contributed by atoms with Crippen molar-refractivity contribution in [1.82, 2.24) is 19.7 Å². The van der Waals surface area contributed by atoms with E-state index in [1.807, 2.05) is 43.3 Å². The summed E-state index contributed by atoms with van der Waals surface area (Å²) < 4.78 is 1.78. The number of hydrogen-bond donors (Lipinski definition) is 1. The molecule has 1 atom stereocenters. The fraction of sp³-hybridized carbons (Fsp3) is 0.350. The smallest absolute Gasteiger partial charge is 0.272 e. The molecule has 1 spiro atoms. The molecule has 2 aliphatic rings. The largest absolute Gasteiger partial charge is 0.391 e. The number of fused-ring (bicyclic) bond motifs is 1. The van der Waals surface area contributed by atoms with E-state index in [0.717, 1.165) is 29.6 Å². The molecule has 1 aliphatic heterocycles. The monoisotopic (exact) mass is 348 g/mol. The van der Waals surface area contributed by atoms with Crippen LogP contribution in [-0.4, -0.2) is 49.9 Å². The Balaban J connectivity index is 1.54. The molecule has 132 valence electrons. The Morgan fingerprint density at radius 3 is 2.65 bits per heavy atom. The second-order valence-electron chi connectivity index (χ2n) is 7.46. The predicted molar refractivity (Wildman–Crippen MR) is 97.2 cm³/mol. The van der Waals surface area contributed by atoms with Crippen LogP contribution in [0.5, 0.6) is 0 Å². The summed E-state index contributed by atoms with van der Waals surface area (Å²) in [6.07, 6.45) is 1.60. The summed E-state index contributed by atoms with van der Waals surface area (Å²) in [6, 6.07) is 13.5. The predicted octanol–water partition coefficient (Wildman–Crippen LogP) is 2.33. The minimum absolute atomic E-state index is 0.0534. The molecule has 1 saturated carbocycles. The maximum atomic E-state index is 12.9. The Bertz CT molecular complexity index is 1010. The molecule has 1 unspecified atom stereocenters. The topological polar surface area (TPSA) is 71.2 Å². The molecule has 2 fully saturated rings. The van der Waals surface area contributed by atoms with Crippen molar-refractivity contribution < 1.29 is 9.90 Å². The van der Waals surface area contributed by atoms with Crippen molar-refractivity contribution in [2.45, 2.75) is 25.9 Å². The first-order valence-corrected chi connectivity index (χ1v) is 8.97. The van der Waals surface area contributed by atoms with E-state index in [4.69, 9.17) is 0 Å². The van der Waals surface area contributed by atoms with Crippen LogP contribution in [-0.2, 0) is 0 Å². The molecule has 6 nitrogen and oxygen atoms in total. The van der Waals surface area contributed by atoms with Crippen LogP contribution in [0.4, 0.5) is 0 Å². The molecule has 6 heteroatoms. The average molecular weight is 348 g/mol. The molecule has 1 saturated heterocycles. The number of carbonyl (C=O) groups excluding carboxylic acids is 1. The summed E-state index contributed by atoms with van der Waals surface area (Å²) in [4.78, 5) is 19.3. The van der Waals surface area contributed by atoms with Crippen LogP contribution < -0.4 is 0 Å². The average Bonchev–Trinajstić information content (AvgIpc) is 3.28. The molecule has 3 aromatic rings. The number of aromatic nitrogens is 3. The van der Waals surface area contributed by atoms with E-state index in [1.54, 1.807) is 15.6 Å². The number of aliphatic hydroxyl groups is 1. The van der Waals surface area contributed by atoms with E-state index in [0.29, 0.717) is 24.4 Å². The summed E-state index contributed by atoms with van der Waals surface area (Å²) in [5.41, 5.74) is 2.82. The van der Waals surface area contributed by atoms with Crippen molar-refractivity contribution in [3.05, 3.63) is 53.9 Å². The Hall–Kier alpha value is -2.73. The van der Waals surface area contributed by atoms with Gasteiger partial charge >= 0.3 is 0 Å². The normalized spacial score (nSPS) is 20.8. The molecule has 0 bridgehead atoms. The lowest BCUT2D eigenvalue weighted by Gasteiger charge is -2.15. The summed E-state index contributed by atoms with van der Waals surface area (Å²) >= 11 is 0. The quantitative estimate of drug-likeness (QED) is 0.772. The highest BCUT2D eigenvalue weighted by atomic mass is 16.3. The van der Waals surface area contributed by atoms with E-state index >= 15 is 0 Å². The number of pyridine rings is 1. The Kier molecular flexibility index (Phi) is 3.21. The van der Waals surface area contributed by atoms with Crippen LogP contribution in [0.2, 0.25) is 0 Å². The maximum Gasteiger partial charge on any atom is 0.272 e. The van der Waals surface area contributed by atoms with E-state index in [1.165, 1.54) is 0 Å². The molecule has 1 amide bonds. The highest BCUT2D eigenvalue weighted by molar-refractivity contribution is 5.95. The number of aryl methyl sites for hydroxylation is 1.